The molecular formula is C11H13FN2. The van der Waals surface area contributed by atoms with Crippen LogP contribution in [0.4, 0.5) is 4.39 Å². The van der Waals surface area contributed by atoms with Crippen molar-refractivity contribution < 1.29 is 4.39 Å². The Labute approximate surface area is 82.4 Å². The molecule has 0 aromatic carbocycles. The van der Waals surface area contributed by atoms with Gasteiger partial charge in [0.15, 0.2) is 0 Å². The summed E-state index contributed by atoms with van der Waals surface area (Å²) in [7, 11) is 0. The summed E-state index contributed by atoms with van der Waals surface area (Å²) >= 11 is 0. The van der Waals surface area contributed by atoms with Gasteiger partial charge in [-0.1, -0.05) is 13.3 Å². The standard InChI is InChI=1S/C11H13FN2/c1-3-4-9-7-14-6-8(2)13-11(14)5-10(9)12/h5-7H,3-4H2,1-2H3. The number of fused-ring (bicyclic) bond motifs is 1. The molecule has 0 aliphatic carbocycles. The first-order valence-electron chi connectivity index (χ1n) is 4.84. The van der Waals surface area contributed by atoms with Gasteiger partial charge in [0.25, 0.3) is 0 Å². The Kier molecular flexibility index (Phi) is 2.23. The Morgan fingerprint density at radius 2 is 2.21 bits per heavy atom. The van der Waals surface area contributed by atoms with Crippen LogP contribution in [0.5, 0.6) is 0 Å². The van der Waals surface area contributed by atoms with Crippen LogP contribution >= 0.6 is 0 Å². The number of pyridine rings is 1. The van der Waals surface area contributed by atoms with Crippen molar-refractivity contribution >= 4 is 5.65 Å². The van der Waals surface area contributed by atoms with E-state index in [1.165, 1.54) is 6.07 Å². The summed E-state index contributed by atoms with van der Waals surface area (Å²) in [5.74, 6) is -0.148. The van der Waals surface area contributed by atoms with Crippen LogP contribution in [0.25, 0.3) is 5.65 Å². The zero-order valence-corrected chi connectivity index (χ0v) is 8.42. The normalized spacial score (nSPS) is 11.1. The minimum absolute atomic E-state index is 0.148. The lowest BCUT2D eigenvalue weighted by Crippen LogP contribution is -1.94. The van der Waals surface area contributed by atoms with E-state index in [1.54, 1.807) is 0 Å². The Morgan fingerprint density at radius 3 is 2.93 bits per heavy atom. The number of imidazole rings is 1. The summed E-state index contributed by atoms with van der Waals surface area (Å²) in [5.41, 5.74) is 2.36. The highest BCUT2D eigenvalue weighted by molar-refractivity contribution is 5.42. The van der Waals surface area contributed by atoms with E-state index in [4.69, 9.17) is 0 Å². The molecule has 0 aliphatic heterocycles. The van der Waals surface area contributed by atoms with E-state index in [-0.39, 0.29) is 5.82 Å². The maximum atomic E-state index is 13.5. The van der Waals surface area contributed by atoms with E-state index in [0.29, 0.717) is 5.65 Å². The van der Waals surface area contributed by atoms with E-state index >= 15 is 0 Å². The number of aromatic nitrogens is 2. The molecule has 0 bridgehead atoms. The summed E-state index contributed by atoms with van der Waals surface area (Å²) in [6, 6.07) is 1.50. The molecule has 0 spiro atoms. The van der Waals surface area contributed by atoms with Gasteiger partial charge in [0.05, 0.1) is 5.69 Å². The second-order valence-corrected chi connectivity index (χ2v) is 3.54. The van der Waals surface area contributed by atoms with Crippen LogP contribution in [0.15, 0.2) is 18.5 Å². The van der Waals surface area contributed by atoms with Crippen LogP contribution < -0.4 is 0 Å². The quantitative estimate of drug-likeness (QED) is 0.715. The smallest absolute Gasteiger partial charge is 0.139 e. The maximum Gasteiger partial charge on any atom is 0.139 e. The van der Waals surface area contributed by atoms with E-state index in [0.717, 1.165) is 24.1 Å². The molecule has 2 heterocycles. The van der Waals surface area contributed by atoms with Crippen LogP contribution in [-0.4, -0.2) is 9.38 Å². The number of hydrogen-bond donors (Lipinski definition) is 0. The monoisotopic (exact) mass is 192 g/mol. The lowest BCUT2D eigenvalue weighted by Gasteiger charge is -2.01. The number of aryl methyl sites for hydroxylation is 2. The van der Waals surface area contributed by atoms with Crippen LogP contribution in [0.3, 0.4) is 0 Å². The molecule has 0 unspecified atom stereocenters. The zero-order valence-electron chi connectivity index (χ0n) is 8.42. The first-order valence-corrected chi connectivity index (χ1v) is 4.84. The minimum Gasteiger partial charge on any atom is -0.306 e. The molecule has 2 aromatic heterocycles. The fraction of sp³-hybridized carbons (Fsp3) is 0.364. The van der Waals surface area contributed by atoms with Gasteiger partial charge in [-0.15, -0.1) is 0 Å². The average Bonchev–Trinajstić information content (AvgIpc) is 2.45. The summed E-state index contributed by atoms with van der Waals surface area (Å²) in [6.45, 7) is 3.95. The summed E-state index contributed by atoms with van der Waals surface area (Å²) in [5, 5.41) is 0. The van der Waals surface area contributed by atoms with Gasteiger partial charge in [0, 0.05) is 24.0 Å². The highest BCUT2D eigenvalue weighted by atomic mass is 19.1. The molecule has 2 aromatic rings. The average molecular weight is 192 g/mol. The highest BCUT2D eigenvalue weighted by Gasteiger charge is 2.05. The van der Waals surface area contributed by atoms with Crippen molar-refractivity contribution in [2.75, 3.05) is 0 Å². The molecule has 14 heavy (non-hydrogen) atoms. The van der Waals surface area contributed by atoms with Gasteiger partial charge in [-0.05, 0) is 13.3 Å². The molecule has 3 heteroatoms. The lowest BCUT2D eigenvalue weighted by molar-refractivity contribution is 0.605. The van der Waals surface area contributed by atoms with Crippen molar-refractivity contribution in [3.8, 4) is 0 Å². The molecule has 0 aliphatic rings. The number of hydrogen-bond acceptors (Lipinski definition) is 1. The van der Waals surface area contributed by atoms with E-state index in [1.807, 2.05) is 30.6 Å². The van der Waals surface area contributed by atoms with Gasteiger partial charge in [-0.2, -0.15) is 0 Å². The van der Waals surface area contributed by atoms with Crippen LogP contribution in [0, 0.1) is 12.7 Å². The molecule has 0 amide bonds. The number of rotatable bonds is 2. The van der Waals surface area contributed by atoms with E-state index in [2.05, 4.69) is 4.98 Å². The van der Waals surface area contributed by atoms with Crippen molar-refractivity contribution in [3.05, 3.63) is 35.5 Å². The van der Waals surface area contributed by atoms with Crippen LogP contribution in [-0.2, 0) is 6.42 Å². The van der Waals surface area contributed by atoms with Crippen LogP contribution in [0.1, 0.15) is 24.6 Å². The third-order valence-electron chi connectivity index (χ3n) is 2.26. The summed E-state index contributed by atoms with van der Waals surface area (Å²) in [6.07, 6.45) is 5.47. The molecule has 0 saturated carbocycles. The fourth-order valence-corrected chi connectivity index (χ4v) is 1.63. The molecule has 0 fully saturated rings. The molecule has 0 atom stereocenters. The van der Waals surface area contributed by atoms with Crippen molar-refractivity contribution in [1.82, 2.24) is 9.38 Å². The fourth-order valence-electron chi connectivity index (χ4n) is 1.63. The Bertz CT molecular complexity index is 460. The van der Waals surface area contributed by atoms with Crippen LogP contribution in [0.2, 0.25) is 0 Å². The summed E-state index contributed by atoms with van der Waals surface area (Å²) in [4.78, 5) is 4.20. The number of nitrogens with zero attached hydrogens (tertiary/aromatic N) is 2. The zero-order chi connectivity index (χ0) is 10.1. The second-order valence-electron chi connectivity index (χ2n) is 3.54. The Hall–Kier alpha value is -1.38. The van der Waals surface area contributed by atoms with Gasteiger partial charge < -0.3 is 4.40 Å². The molecule has 0 saturated heterocycles. The summed E-state index contributed by atoms with van der Waals surface area (Å²) < 4.78 is 15.3. The third kappa shape index (κ3) is 1.50. The minimum atomic E-state index is -0.148. The molecule has 2 nitrogen and oxygen atoms in total. The second kappa shape index (κ2) is 3.40. The maximum absolute atomic E-state index is 13.5. The van der Waals surface area contributed by atoms with Gasteiger partial charge in [0.1, 0.15) is 11.5 Å². The predicted molar refractivity (Wildman–Crippen MR) is 53.9 cm³/mol. The number of halogens is 1. The van der Waals surface area contributed by atoms with E-state index in [9.17, 15) is 4.39 Å². The highest BCUT2D eigenvalue weighted by Crippen LogP contribution is 2.13. The van der Waals surface area contributed by atoms with Gasteiger partial charge >= 0.3 is 0 Å². The van der Waals surface area contributed by atoms with E-state index < -0.39 is 0 Å². The Balaban J connectivity index is 2.58. The first-order chi connectivity index (χ1) is 6.70. The van der Waals surface area contributed by atoms with Gasteiger partial charge in [0.2, 0.25) is 0 Å². The van der Waals surface area contributed by atoms with Crippen molar-refractivity contribution in [2.45, 2.75) is 26.7 Å². The van der Waals surface area contributed by atoms with Gasteiger partial charge in [-0.3, -0.25) is 0 Å². The van der Waals surface area contributed by atoms with Gasteiger partial charge in [-0.25, -0.2) is 9.37 Å². The molecule has 0 N–H and O–H groups in total. The first kappa shape index (κ1) is 9.19. The predicted octanol–water partition coefficient (Wildman–Crippen LogP) is 2.73. The lowest BCUT2D eigenvalue weighted by atomic mass is 10.1. The third-order valence-corrected chi connectivity index (χ3v) is 2.26. The Morgan fingerprint density at radius 1 is 1.43 bits per heavy atom. The topological polar surface area (TPSA) is 17.3 Å². The molecule has 2 rings (SSSR count). The van der Waals surface area contributed by atoms with Crippen molar-refractivity contribution in [2.24, 2.45) is 0 Å². The molecule has 74 valence electrons. The van der Waals surface area contributed by atoms with Crippen molar-refractivity contribution in [1.29, 1.82) is 0 Å². The molecule has 0 radical (unpaired) electrons. The molecular weight excluding hydrogens is 179 g/mol. The van der Waals surface area contributed by atoms with Crippen molar-refractivity contribution in [3.63, 3.8) is 0 Å². The SMILES string of the molecule is CCCc1cn2cc(C)nc2cc1F. The largest absolute Gasteiger partial charge is 0.306 e.